The molecule has 25 heavy (non-hydrogen) atoms. The number of aromatic nitrogens is 2. The van der Waals surface area contributed by atoms with Crippen molar-refractivity contribution in [1.82, 2.24) is 9.55 Å². The molecule has 130 valence electrons. The number of nitrogens with zero attached hydrogens (tertiary/aromatic N) is 1. The molecule has 0 spiro atoms. The van der Waals surface area contributed by atoms with Crippen LogP contribution in [0, 0.1) is 4.77 Å². The molecule has 3 rings (SSSR count). The molecule has 0 aliphatic heterocycles. The molecule has 0 bridgehead atoms. The first-order chi connectivity index (χ1) is 12.0. The fourth-order valence-corrected chi connectivity index (χ4v) is 3.23. The van der Waals surface area contributed by atoms with Crippen molar-refractivity contribution >= 4 is 34.7 Å². The van der Waals surface area contributed by atoms with Crippen molar-refractivity contribution in [3.05, 3.63) is 62.1 Å². The number of fused-ring (bicyclic) bond motifs is 1. The van der Waals surface area contributed by atoms with Gasteiger partial charge in [-0.05, 0) is 36.3 Å². The Labute approximate surface area is 154 Å². The van der Waals surface area contributed by atoms with E-state index in [-0.39, 0.29) is 5.56 Å². The van der Waals surface area contributed by atoms with Gasteiger partial charge in [-0.1, -0.05) is 29.8 Å². The minimum absolute atomic E-state index is 0.174. The highest BCUT2D eigenvalue weighted by molar-refractivity contribution is 7.71. The number of aromatic amines is 1. The van der Waals surface area contributed by atoms with E-state index < -0.39 is 0 Å². The topological polar surface area (TPSA) is 56.2 Å². The smallest absolute Gasteiger partial charge is 0.262 e. The van der Waals surface area contributed by atoms with Crippen molar-refractivity contribution in [2.24, 2.45) is 0 Å². The molecular formula is C18H17ClN2O3S. The van der Waals surface area contributed by atoms with Crippen LogP contribution in [0.1, 0.15) is 5.56 Å². The number of rotatable bonds is 5. The fourth-order valence-electron chi connectivity index (χ4n) is 2.72. The van der Waals surface area contributed by atoms with Crippen molar-refractivity contribution in [3.8, 4) is 11.5 Å². The second kappa shape index (κ2) is 7.29. The monoisotopic (exact) mass is 376 g/mol. The lowest BCUT2D eigenvalue weighted by molar-refractivity contribution is 0.355. The van der Waals surface area contributed by atoms with Gasteiger partial charge in [0.25, 0.3) is 5.56 Å². The molecule has 5 nitrogen and oxygen atoms in total. The number of benzene rings is 2. The molecular weight excluding hydrogens is 360 g/mol. The Morgan fingerprint density at radius 1 is 1.16 bits per heavy atom. The first-order valence-electron chi connectivity index (χ1n) is 7.67. The largest absolute Gasteiger partial charge is 0.493 e. The van der Waals surface area contributed by atoms with Gasteiger partial charge in [-0.25, -0.2) is 0 Å². The van der Waals surface area contributed by atoms with E-state index in [1.165, 1.54) is 11.7 Å². The van der Waals surface area contributed by atoms with E-state index >= 15 is 0 Å². The average molecular weight is 377 g/mol. The van der Waals surface area contributed by atoms with E-state index in [1.54, 1.807) is 19.2 Å². The van der Waals surface area contributed by atoms with Gasteiger partial charge < -0.3 is 14.5 Å². The second-order valence-corrected chi connectivity index (χ2v) is 6.28. The molecule has 7 heteroatoms. The van der Waals surface area contributed by atoms with Crippen molar-refractivity contribution in [2.45, 2.75) is 13.0 Å². The summed E-state index contributed by atoms with van der Waals surface area (Å²) >= 11 is 11.5. The fraction of sp³-hybridized carbons (Fsp3) is 0.222. The van der Waals surface area contributed by atoms with Crippen LogP contribution in [-0.4, -0.2) is 23.8 Å². The number of hydrogen-bond acceptors (Lipinski definition) is 4. The Kier molecular flexibility index (Phi) is 5.11. The summed E-state index contributed by atoms with van der Waals surface area (Å²) in [6, 6.07) is 10.9. The van der Waals surface area contributed by atoms with Gasteiger partial charge >= 0.3 is 0 Å². The molecule has 1 heterocycles. The van der Waals surface area contributed by atoms with Crippen LogP contribution >= 0.6 is 23.8 Å². The summed E-state index contributed by atoms with van der Waals surface area (Å²) in [6.07, 6.45) is 0.607. The summed E-state index contributed by atoms with van der Waals surface area (Å²) < 4.78 is 12.4. The number of H-pyrrole nitrogens is 1. The summed E-state index contributed by atoms with van der Waals surface area (Å²) in [5.41, 5.74) is 1.41. The van der Waals surface area contributed by atoms with Gasteiger partial charge in [-0.2, -0.15) is 0 Å². The maximum atomic E-state index is 12.9. The van der Waals surface area contributed by atoms with Gasteiger partial charge in [0.05, 0.1) is 25.1 Å². The predicted molar refractivity (Wildman–Crippen MR) is 102 cm³/mol. The summed E-state index contributed by atoms with van der Waals surface area (Å²) in [6.45, 7) is 0.433. The zero-order valence-electron chi connectivity index (χ0n) is 13.8. The van der Waals surface area contributed by atoms with E-state index in [0.717, 1.165) is 5.56 Å². The third-order valence-corrected chi connectivity index (χ3v) is 4.74. The molecule has 0 amide bonds. The van der Waals surface area contributed by atoms with Gasteiger partial charge in [-0.15, -0.1) is 0 Å². The average Bonchev–Trinajstić information content (AvgIpc) is 2.62. The van der Waals surface area contributed by atoms with Crippen LogP contribution in [0.5, 0.6) is 11.5 Å². The maximum absolute atomic E-state index is 12.9. The number of aryl methyl sites for hydroxylation is 1. The molecule has 0 aliphatic rings. The van der Waals surface area contributed by atoms with E-state index in [4.69, 9.17) is 33.3 Å². The molecule has 0 saturated carbocycles. The first-order valence-corrected chi connectivity index (χ1v) is 8.46. The first kappa shape index (κ1) is 17.5. The Bertz CT molecular complexity index is 1040. The molecule has 1 N–H and O–H groups in total. The van der Waals surface area contributed by atoms with Crippen LogP contribution in [0.2, 0.25) is 5.02 Å². The Hall–Kier alpha value is -2.31. The zero-order valence-corrected chi connectivity index (χ0v) is 15.4. The van der Waals surface area contributed by atoms with E-state index in [2.05, 4.69) is 4.98 Å². The van der Waals surface area contributed by atoms with Crippen LogP contribution in [0.4, 0.5) is 0 Å². The van der Waals surface area contributed by atoms with Gasteiger partial charge in [-0.3, -0.25) is 9.36 Å². The summed E-state index contributed by atoms with van der Waals surface area (Å²) in [4.78, 5) is 16.0. The van der Waals surface area contributed by atoms with Crippen LogP contribution in [0.3, 0.4) is 0 Å². The van der Waals surface area contributed by atoms with Crippen molar-refractivity contribution in [3.63, 3.8) is 0 Å². The Balaban J connectivity index is 2.06. The highest BCUT2D eigenvalue weighted by atomic mass is 35.5. The number of halogens is 1. The molecule has 0 radical (unpaired) electrons. The third kappa shape index (κ3) is 3.41. The molecule has 0 saturated heterocycles. The summed E-state index contributed by atoms with van der Waals surface area (Å²) in [5.74, 6) is 1.03. The molecule has 0 atom stereocenters. The lowest BCUT2D eigenvalue weighted by Gasteiger charge is -2.12. The molecule has 0 fully saturated rings. The lowest BCUT2D eigenvalue weighted by atomic mass is 10.1. The van der Waals surface area contributed by atoms with Gasteiger partial charge in [0, 0.05) is 17.6 Å². The van der Waals surface area contributed by atoms with E-state index in [1.807, 2.05) is 24.3 Å². The van der Waals surface area contributed by atoms with Crippen LogP contribution in [0.15, 0.2) is 41.2 Å². The Morgan fingerprint density at radius 3 is 2.52 bits per heavy atom. The molecule has 2 aromatic carbocycles. The van der Waals surface area contributed by atoms with Crippen LogP contribution in [-0.2, 0) is 13.0 Å². The van der Waals surface area contributed by atoms with Crippen LogP contribution < -0.4 is 15.0 Å². The minimum atomic E-state index is -0.174. The lowest BCUT2D eigenvalue weighted by Crippen LogP contribution is -2.23. The van der Waals surface area contributed by atoms with Gasteiger partial charge in [0.1, 0.15) is 0 Å². The van der Waals surface area contributed by atoms with Crippen molar-refractivity contribution in [2.75, 3.05) is 14.2 Å². The second-order valence-electron chi connectivity index (χ2n) is 5.48. The van der Waals surface area contributed by atoms with Crippen molar-refractivity contribution < 1.29 is 9.47 Å². The zero-order chi connectivity index (χ0) is 18.0. The highest BCUT2D eigenvalue weighted by Crippen LogP contribution is 2.30. The third-order valence-electron chi connectivity index (χ3n) is 4.05. The number of hydrogen-bond donors (Lipinski definition) is 1. The normalized spacial score (nSPS) is 10.8. The molecule has 3 aromatic rings. The highest BCUT2D eigenvalue weighted by Gasteiger charge is 2.12. The summed E-state index contributed by atoms with van der Waals surface area (Å²) in [7, 11) is 3.08. The minimum Gasteiger partial charge on any atom is -0.493 e. The van der Waals surface area contributed by atoms with Crippen LogP contribution in [0.25, 0.3) is 10.9 Å². The Morgan fingerprint density at radius 2 is 1.84 bits per heavy atom. The summed E-state index contributed by atoms with van der Waals surface area (Å²) in [5, 5.41) is 1.17. The van der Waals surface area contributed by atoms with Gasteiger partial charge in [0.2, 0.25) is 0 Å². The number of methoxy groups -OCH3 is 2. The van der Waals surface area contributed by atoms with E-state index in [9.17, 15) is 4.79 Å². The van der Waals surface area contributed by atoms with E-state index in [0.29, 0.717) is 45.2 Å². The number of ether oxygens (including phenoxy) is 2. The van der Waals surface area contributed by atoms with Crippen molar-refractivity contribution in [1.29, 1.82) is 0 Å². The molecule has 1 aromatic heterocycles. The predicted octanol–water partition coefficient (Wildman–Crippen LogP) is 3.97. The standard InChI is InChI=1S/C18H17ClN2O3S/c1-23-15-9-12-14(10-16(15)24-2)20-18(25)21(17(12)22)8-7-11-5-3-4-6-13(11)19/h3-6,9-10H,7-8H2,1-2H3,(H,20,25). The molecule has 0 aliphatic carbocycles. The quantitative estimate of drug-likeness (QED) is 0.684. The van der Waals surface area contributed by atoms with Gasteiger partial charge in [0.15, 0.2) is 16.3 Å². The molecule has 0 unspecified atom stereocenters. The maximum Gasteiger partial charge on any atom is 0.262 e. The SMILES string of the molecule is COc1cc2[nH]c(=S)n(CCc3ccccc3Cl)c(=O)c2cc1OC. The number of nitrogens with one attached hydrogen (secondary N) is 1.